The van der Waals surface area contributed by atoms with Crippen LogP contribution in [0.4, 0.5) is 0 Å². The van der Waals surface area contributed by atoms with Crippen molar-refractivity contribution in [2.45, 2.75) is 0 Å². The SMILES string of the molecule is O=CO.[B]OC. The third kappa shape index (κ3) is 85.3. The zero-order valence-corrected chi connectivity index (χ0v) is 3.42. The summed E-state index contributed by atoms with van der Waals surface area (Å²) in [6.07, 6.45) is 0. The van der Waals surface area contributed by atoms with E-state index in [1.165, 1.54) is 7.11 Å². The largest absolute Gasteiger partial charge is 0.483 e. The lowest BCUT2D eigenvalue weighted by Gasteiger charge is -1.60. The van der Waals surface area contributed by atoms with Gasteiger partial charge in [0.25, 0.3) is 14.5 Å². The van der Waals surface area contributed by atoms with Gasteiger partial charge in [0, 0.05) is 7.11 Å². The van der Waals surface area contributed by atoms with Gasteiger partial charge in [0.1, 0.15) is 0 Å². The number of hydrogen-bond acceptors (Lipinski definition) is 2. The Balaban J connectivity index is 0. The number of carbonyl (C=O) groups is 1. The van der Waals surface area contributed by atoms with Crippen LogP contribution < -0.4 is 0 Å². The number of rotatable bonds is 0. The molecule has 0 spiro atoms. The van der Waals surface area contributed by atoms with Crippen LogP contribution in [-0.4, -0.2) is 26.7 Å². The Morgan fingerprint density at radius 3 is 2.00 bits per heavy atom. The van der Waals surface area contributed by atoms with Crippen molar-refractivity contribution >= 4 is 14.5 Å². The van der Waals surface area contributed by atoms with Crippen molar-refractivity contribution < 1.29 is 14.6 Å². The van der Waals surface area contributed by atoms with E-state index in [0.29, 0.717) is 0 Å². The molecule has 0 fully saturated rings. The smallest absolute Gasteiger partial charge is 0.290 e. The van der Waals surface area contributed by atoms with Crippen molar-refractivity contribution in [2.75, 3.05) is 7.11 Å². The highest BCUT2D eigenvalue weighted by Crippen LogP contribution is 1.24. The molecule has 0 aromatic carbocycles. The molecule has 0 aromatic heterocycles. The van der Waals surface area contributed by atoms with E-state index >= 15 is 0 Å². The normalized spacial score (nSPS) is 4.83. The summed E-state index contributed by atoms with van der Waals surface area (Å²) >= 11 is 0. The molecule has 0 aliphatic rings. The average Bonchev–Trinajstić information content (AvgIpc) is 1.39. The topological polar surface area (TPSA) is 46.5 Å². The summed E-state index contributed by atoms with van der Waals surface area (Å²) < 4.78 is 3.75. The van der Waals surface area contributed by atoms with Gasteiger partial charge in [-0.2, -0.15) is 0 Å². The van der Waals surface area contributed by atoms with E-state index in [2.05, 4.69) is 12.7 Å². The van der Waals surface area contributed by atoms with Crippen LogP contribution in [-0.2, 0) is 9.45 Å². The van der Waals surface area contributed by atoms with Gasteiger partial charge in [-0.3, -0.25) is 4.79 Å². The monoisotopic (exact) mass is 88.0 g/mol. The van der Waals surface area contributed by atoms with Crippen molar-refractivity contribution in [1.29, 1.82) is 0 Å². The molecule has 0 aliphatic heterocycles. The second-order valence-electron chi connectivity index (χ2n) is 0.341. The molecule has 0 saturated carbocycles. The molecule has 0 aliphatic carbocycles. The van der Waals surface area contributed by atoms with E-state index in [0.717, 1.165) is 0 Å². The van der Waals surface area contributed by atoms with Crippen LogP contribution in [0.5, 0.6) is 0 Å². The van der Waals surface area contributed by atoms with Gasteiger partial charge < -0.3 is 9.76 Å². The van der Waals surface area contributed by atoms with Crippen LogP contribution in [0.2, 0.25) is 0 Å². The minimum atomic E-state index is -0.250. The molecule has 0 rings (SSSR count). The van der Waals surface area contributed by atoms with E-state index in [1.54, 1.807) is 0 Å². The van der Waals surface area contributed by atoms with Crippen LogP contribution >= 0.6 is 0 Å². The molecule has 34 valence electrons. The maximum atomic E-state index is 8.36. The predicted molar refractivity (Wildman–Crippen MR) is 21.5 cm³/mol. The highest BCUT2D eigenvalue weighted by molar-refractivity contribution is 5.97. The molecular formula is C2H5BO3. The van der Waals surface area contributed by atoms with Gasteiger partial charge >= 0.3 is 0 Å². The van der Waals surface area contributed by atoms with E-state index < -0.39 is 0 Å². The molecular weight excluding hydrogens is 82.8 g/mol. The maximum absolute atomic E-state index is 8.36. The Morgan fingerprint density at radius 1 is 2.00 bits per heavy atom. The van der Waals surface area contributed by atoms with Gasteiger partial charge in [-0.25, -0.2) is 0 Å². The molecule has 0 amide bonds. The predicted octanol–water partition coefficient (Wildman–Crippen LogP) is -0.583. The molecule has 0 unspecified atom stereocenters. The van der Waals surface area contributed by atoms with Crippen molar-refractivity contribution in [1.82, 2.24) is 0 Å². The first-order valence-electron chi connectivity index (χ1n) is 1.14. The lowest BCUT2D eigenvalue weighted by molar-refractivity contribution is -0.122. The van der Waals surface area contributed by atoms with Gasteiger partial charge in [0.2, 0.25) is 0 Å². The second kappa shape index (κ2) is 24.6. The third-order valence-corrected chi connectivity index (χ3v) is 0. The summed E-state index contributed by atoms with van der Waals surface area (Å²) in [4.78, 5) is 8.36. The Labute approximate surface area is 37.4 Å². The van der Waals surface area contributed by atoms with Crippen LogP contribution in [0, 0.1) is 0 Å². The summed E-state index contributed by atoms with van der Waals surface area (Å²) in [7, 11) is 5.75. The molecule has 0 aromatic rings. The lowest BCUT2D eigenvalue weighted by atomic mass is 10.6. The molecule has 0 bridgehead atoms. The first kappa shape index (κ1) is 9.09. The number of hydrogen-bond donors (Lipinski definition) is 1. The summed E-state index contributed by atoms with van der Waals surface area (Å²) in [5, 5.41) is 6.89. The zero-order chi connectivity index (χ0) is 5.41. The first-order chi connectivity index (χ1) is 2.83. The van der Waals surface area contributed by atoms with Gasteiger partial charge in [-0.1, -0.05) is 0 Å². The number of carboxylic acid groups (broad SMARTS) is 1. The summed E-state index contributed by atoms with van der Waals surface area (Å²) in [5.41, 5.74) is 0. The van der Waals surface area contributed by atoms with Crippen LogP contribution in [0.25, 0.3) is 0 Å². The molecule has 0 saturated heterocycles. The average molecular weight is 87.9 g/mol. The third-order valence-electron chi connectivity index (χ3n) is 0. The molecule has 0 atom stereocenters. The van der Waals surface area contributed by atoms with Crippen LogP contribution in [0.15, 0.2) is 0 Å². The summed E-state index contributed by atoms with van der Waals surface area (Å²) in [6.45, 7) is -0.250. The molecule has 0 heterocycles. The Bertz CT molecular complexity index is 22.8. The molecule has 6 heavy (non-hydrogen) atoms. The van der Waals surface area contributed by atoms with Crippen LogP contribution in [0.1, 0.15) is 0 Å². The zero-order valence-electron chi connectivity index (χ0n) is 3.42. The highest BCUT2D eigenvalue weighted by atomic mass is 16.4. The minimum Gasteiger partial charge on any atom is -0.483 e. The van der Waals surface area contributed by atoms with Gasteiger partial charge in [0.05, 0.1) is 0 Å². The molecule has 4 heteroatoms. The van der Waals surface area contributed by atoms with Crippen LogP contribution in [0.3, 0.4) is 0 Å². The minimum absolute atomic E-state index is 0.250. The quantitative estimate of drug-likeness (QED) is 0.318. The fourth-order valence-electron chi connectivity index (χ4n) is 0. The maximum Gasteiger partial charge on any atom is 0.290 e. The Hall–Kier alpha value is -0.505. The van der Waals surface area contributed by atoms with Gasteiger partial charge in [0.15, 0.2) is 0 Å². The van der Waals surface area contributed by atoms with Crippen molar-refractivity contribution in [2.24, 2.45) is 0 Å². The second-order valence-corrected chi connectivity index (χ2v) is 0.341. The Morgan fingerprint density at radius 2 is 2.00 bits per heavy atom. The molecule has 2 radical (unpaired) electrons. The van der Waals surface area contributed by atoms with E-state index in [-0.39, 0.29) is 6.47 Å². The molecule has 1 N–H and O–H groups in total. The van der Waals surface area contributed by atoms with E-state index in [1.807, 2.05) is 0 Å². The standard InChI is InChI=1S/CH3BO.CH2O2/c1-3-2;2-1-3/h1H3;1H,(H,2,3). The molecule has 3 nitrogen and oxygen atoms in total. The fraction of sp³-hybridized carbons (Fsp3) is 0.500. The summed E-state index contributed by atoms with van der Waals surface area (Å²) in [6, 6.07) is 0. The van der Waals surface area contributed by atoms with E-state index in [4.69, 9.17) is 9.90 Å². The van der Waals surface area contributed by atoms with Crippen molar-refractivity contribution in [3.63, 3.8) is 0 Å². The van der Waals surface area contributed by atoms with E-state index in [9.17, 15) is 0 Å². The highest BCUT2D eigenvalue weighted by Gasteiger charge is 1.30. The van der Waals surface area contributed by atoms with Crippen molar-refractivity contribution in [3.8, 4) is 0 Å². The summed E-state index contributed by atoms with van der Waals surface area (Å²) in [5.74, 6) is 0. The first-order valence-corrected chi connectivity index (χ1v) is 1.14. The van der Waals surface area contributed by atoms with Gasteiger partial charge in [-0.15, -0.1) is 0 Å². The van der Waals surface area contributed by atoms with Gasteiger partial charge in [-0.05, 0) is 0 Å². The Kier molecular flexibility index (Phi) is 37.2. The fourth-order valence-corrected chi connectivity index (χ4v) is 0. The van der Waals surface area contributed by atoms with Crippen molar-refractivity contribution in [3.05, 3.63) is 0 Å². The lowest BCUT2D eigenvalue weighted by Crippen LogP contribution is -1.60.